The fraction of sp³-hybridized carbons (Fsp3) is 0.263. The van der Waals surface area contributed by atoms with Gasteiger partial charge < -0.3 is 4.90 Å². The molecule has 1 aliphatic rings. The van der Waals surface area contributed by atoms with Crippen molar-refractivity contribution in [2.45, 2.75) is 11.3 Å². The normalized spacial score (nSPS) is 15.1. The molecule has 9 nitrogen and oxygen atoms in total. The molecule has 1 aliphatic heterocycles. The van der Waals surface area contributed by atoms with Gasteiger partial charge in [-0.25, -0.2) is 13.4 Å². The van der Waals surface area contributed by atoms with Crippen LogP contribution in [0.5, 0.6) is 0 Å². The Kier molecular flexibility index (Phi) is 6.63. The third-order valence-corrected chi connectivity index (χ3v) is 8.28. The molecule has 1 fully saturated rings. The molecule has 0 spiro atoms. The van der Waals surface area contributed by atoms with Crippen LogP contribution in [0.4, 0.5) is 10.8 Å². The Morgan fingerprint density at radius 2 is 1.75 bits per heavy atom. The summed E-state index contributed by atoms with van der Waals surface area (Å²) in [7, 11) is -3.88. The van der Waals surface area contributed by atoms with Crippen LogP contribution in [0.2, 0.25) is 10.0 Å². The summed E-state index contributed by atoms with van der Waals surface area (Å²) in [5, 5.41) is 12.4. The molecule has 0 aliphatic carbocycles. The van der Waals surface area contributed by atoms with Gasteiger partial charge in [-0.1, -0.05) is 35.3 Å². The van der Waals surface area contributed by atoms with E-state index in [2.05, 4.69) is 9.36 Å². The number of nitro groups is 1. The van der Waals surface area contributed by atoms with E-state index in [9.17, 15) is 18.5 Å². The Morgan fingerprint density at radius 3 is 2.41 bits per heavy atom. The molecular formula is C19H17Cl2N5O4S2. The number of hydrogen-bond donors (Lipinski definition) is 0. The van der Waals surface area contributed by atoms with Crippen molar-refractivity contribution in [3.05, 3.63) is 74.0 Å². The molecule has 4 rings (SSSR count). The number of nitrogens with zero attached hydrogens (tertiary/aromatic N) is 5. The Morgan fingerprint density at radius 1 is 1.06 bits per heavy atom. The topological polar surface area (TPSA) is 110 Å². The summed E-state index contributed by atoms with van der Waals surface area (Å²) in [4.78, 5) is 16.8. The summed E-state index contributed by atoms with van der Waals surface area (Å²) >= 11 is 13.0. The Labute approximate surface area is 198 Å². The lowest BCUT2D eigenvalue weighted by Crippen LogP contribution is -2.48. The zero-order chi connectivity index (χ0) is 22.9. The van der Waals surface area contributed by atoms with E-state index in [0.29, 0.717) is 30.4 Å². The first kappa shape index (κ1) is 22.9. The number of sulfonamides is 1. The van der Waals surface area contributed by atoms with Crippen molar-refractivity contribution in [2.24, 2.45) is 0 Å². The molecule has 32 heavy (non-hydrogen) atoms. The SMILES string of the molecule is O=[N+]([O-])c1cc(S(=O)(=O)N2CCN(c3nc(Cc4ccc(Cl)cc4)ns3)CC2)ccc1Cl. The van der Waals surface area contributed by atoms with Gasteiger partial charge in [0.15, 0.2) is 0 Å². The predicted molar refractivity (Wildman–Crippen MR) is 123 cm³/mol. The molecule has 168 valence electrons. The monoisotopic (exact) mass is 513 g/mol. The smallest absolute Gasteiger partial charge is 0.289 e. The first-order valence-electron chi connectivity index (χ1n) is 9.50. The van der Waals surface area contributed by atoms with Crippen molar-refractivity contribution in [3.63, 3.8) is 0 Å². The molecule has 0 atom stereocenters. The van der Waals surface area contributed by atoms with Crippen LogP contribution in [0.15, 0.2) is 47.4 Å². The minimum Gasteiger partial charge on any atom is -0.344 e. The lowest BCUT2D eigenvalue weighted by Gasteiger charge is -2.33. The molecule has 2 heterocycles. The van der Waals surface area contributed by atoms with E-state index >= 15 is 0 Å². The summed E-state index contributed by atoms with van der Waals surface area (Å²) in [6.45, 7) is 1.32. The molecule has 1 saturated heterocycles. The van der Waals surface area contributed by atoms with E-state index in [-0.39, 0.29) is 23.0 Å². The number of halogens is 2. The molecule has 0 radical (unpaired) electrons. The molecule has 0 N–H and O–H groups in total. The van der Waals surface area contributed by atoms with Gasteiger partial charge in [-0.05, 0) is 29.8 Å². The Balaban J connectivity index is 1.42. The fourth-order valence-electron chi connectivity index (χ4n) is 3.29. The molecule has 0 bridgehead atoms. The lowest BCUT2D eigenvalue weighted by molar-refractivity contribution is -0.384. The van der Waals surface area contributed by atoms with Crippen LogP contribution in [-0.2, 0) is 16.4 Å². The van der Waals surface area contributed by atoms with Gasteiger partial charge >= 0.3 is 0 Å². The van der Waals surface area contributed by atoms with E-state index < -0.39 is 20.6 Å². The van der Waals surface area contributed by atoms with Gasteiger partial charge in [0.1, 0.15) is 10.8 Å². The van der Waals surface area contributed by atoms with Gasteiger partial charge in [-0.2, -0.15) is 8.68 Å². The molecule has 0 unspecified atom stereocenters. The predicted octanol–water partition coefficient (Wildman–Crippen LogP) is 3.85. The van der Waals surface area contributed by atoms with E-state index in [1.807, 2.05) is 29.2 Å². The lowest BCUT2D eigenvalue weighted by atomic mass is 10.1. The van der Waals surface area contributed by atoms with Gasteiger partial charge in [-0.15, -0.1) is 0 Å². The average Bonchev–Trinajstić information content (AvgIpc) is 3.24. The first-order chi connectivity index (χ1) is 15.2. The third kappa shape index (κ3) is 4.86. The highest BCUT2D eigenvalue weighted by Gasteiger charge is 2.31. The highest BCUT2D eigenvalue weighted by atomic mass is 35.5. The number of piperazine rings is 1. The van der Waals surface area contributed by atoms with Crippen molar-refractivity contribution in [1.82, 2.24) is 13.7 Å². The maximum atomic E-state index is 13.0. The van der Waals surface area contributed by atoms with Crippen molar-refractivity contribution < 1.29 is 13.3 Å². The molecular weight excluding hydrogens is 497 g/mol. The van der Waals surface area contributed by atoms with Gasteiger partial charge in [0.05, 0.1) is 9.82 Å². The number of nitro benzene ring substituents is 1. The molecule has 2 aromatic carbocycles. The van der Waals surface area contributed by atoms with E-state index in [1.165, 1.54) is 28.0 Å². The van der Waals surface area contributed by atoms with E-state index in [1.54, 1.807) is 0 Å². The standard InChI is InChI=1S/C19H17Cl2N5O4S2/c20-14-3-1-13(2-4-14)11-18-22-19(31-23-18)24-7-9-25(10-8-24)32(29,30)15-5-6-16(21)17(12-15)26(27)28/h1-6,12H,7-11H2. The van der Waals surface area contributed by atoms with Crippen molar-refractivity contribution in [1.29, 1.82) is 0 Å². The van der Waals surface area contributed by atoms with Crippen molar-refractivity contribution in [2.75, 3.05) is 31.1 Å². The fourth-order valence-corrected chi connectivity index (χ4v) is 5.78. The zero-order valence-corrected chi connectivity index (χ0v) is 19.7. The number of anilines is 1. The summed E-state index contributed by atoms with van der Waals surface area (Å²) in [6, 6.07) is 11.0. The summed E-state index contributed by atoms with van der Waals surface area (Å²) < 4.78 is 31.6. The second-order valence-electron chi connectivity index (χ2n) is 7.06. The van der Waals surface area contributed by atoms with E-state index in [0.717, 1.165) is 16.8 Å². The van der Waals surface area contributed by atoms with Gasteiger partial charge in [0.2, 0.25) is 15.2 Å². The Bertz CT molecular complexity index is 1240. The third-order valence-electron chi connectivity index (χ3n) is 4.99. The van der Waals surface area contributed by atoms with Gasteiger partial charge in [0, 0.05) is 55.2 Å². The molecule has 3 aromatic rings. The van der Waals surface area contributed by atoms with Gasteiger partial charge in [0.25, 0.3) is 5.69 Å². The zero-order valence-electron chi connectivity index (χ0n) is 16.5. The first-order valence-corrected chi connectivity index (χ1v) is 12.5. The van der Waals surface area contributed by atoms with Crippen molar-refractivity contribution >= 4 is 55.6 Å². The van der Waals surface area contributed by atoms with Crippen LogP contribution >= 0.6 is 34.7 Å². The van der Waals surface area contributed by atoms with E-state index in [4.69, 9.17) is 23.2 Å². The second-order valence-corrected chi connectivity index (χ2v) is 10.6. The summed E-state index contributed by atoms with van der Waals surface area (Å²) in [6.07, 6.45) is 0.581. The molecule has 0 amide bonds. The Hall–Kier alpha value is -2.31. The minimum atomic E-state index is -3.88. The number of benzene rings is 2. The van der Waals surface area contributed by atoms with Crippen LogP contribution in [0.1, 0.15) is 11.4 Å². The van der Waals surface area contributed by atoms with Crippen LogP contribution in [0.25, 0.3) is 0 Å². The quantitative estimate of drug-likeness (QED) is 0.363. The number of rotatable bonds is 6. The highest BCUT2D eigenvalue weighted by Crippen LogP contribution is 2.29. The molecule has 0 saturated carbocycles. The van der Waals surface area contributed by atoms with Crippen molar-refractivity contribution in [3.8, 4) is 0 Å². The van der Waals surface area contributed by atoms with Crippen LogP contribution in [-0.4, -0.2) is 53.2 Å². The second kappa shape index (κ2) is 9.28. The largest absolute Gasteiger partial charge is 0.344 e. The molecule has 13 heteroatoms. The van der Waals surface area contributed by atoms with Crippen LogP contribution < -0.4 is 4.90 Å². The number of hydrogen-bond acceptors (Lipinski definition) is 8. The summed E-state index contributed by atoms with van der Waals surface area (Å²) in [5.74, 6) is 0.691. The maximum absolute atomic E-state index is 13.0. The highest BCUT2D eigenvalue weighted by molar-refractivity contribution is 7.89. The maximum Gasteiger partial charge on any atom is 0.289 e. The summed E-state index contributed by atoms with van der Waals surface area (Å²) in [5.41, 5.74) is 0.611. The average molecular weight is 514 g/mol. The van der Waals surface area contributed by atoms with Crippen LogP contribution in [0, 0.1) is 10.1 Å². The van der Waals surface area contributed by atoms with Crippen LogP contribution in [0.3, 0.4) is 0 Å². The minimum absolute atomic E-state index is 0.107. The number of aromatic nitrogens is 2. The van der Waals surface area contributed by atoms with Gasteiger partial charge in [-0.3, -0.25) is 10.1 Å². The molecule has 1 aromatic heterocycles.